The van der Waals surface area contributed by atoms with Crippen molar-refractivity contribution in [1.29, 1.82) is 0 Å². The van der Waals surface area contributed by atoms with Gasteiger partial charge in [0.15, 0.2) is 0 Å². The van der Waals surface area contributed by atoms with Crippen molar-refractivity contribution in [3.63, 3.8) is 0 Å². The van der Waals surface area contributed by atoms with E-state index < -0.39 is 5.97 Å². The summed E-state index contributed by atoms with van der Waals surface area (Å²) in [5, 5.41) is 13.7. The Kier molecular flexibility index (Phi) is 4.60. The van der Waals surface area contributed by atoms with E-state index in [0.717, 1.165) is 23.0 Å². The summed E-state index contributed by atoms with van der Waals surface area (Å²) in [6.07, 6.45) is 2.59. The standard InChI is InChI=1S/C15H17BrN2O2/c1-10(2)7-8-18-9-13(15(19)20)14(17-18)11-3-5-12(16)6-4-11/h3-6,9-10H,7-8H2,1-2H3,(H,19,20). The maximum absolute atomic E-state index is 11.4. The predicted octanol–water partition coefficient (Wildman–Crippen LogP) is 4.06. The maximum atomic E-state index is 11.4. The first-order valence-electron chi connectivity index (χ1n) is 6.54. The minimum atomic E-state index is -0.946. The van der Waals surface area contributed by atoms with Crippen LogP contribution in [0.4, 0.5) is 0 Å². The van der Waals surface area contributed by atoms with Crippen molar-refractivity contribution in [2.75, 3.05) is 0 Å². The summed E-state index contributed by atoms with van der Waals surface area (Å²) in [7, 11) is 0. The summed E-state index contributed by atoms with van der Waals surface area (Å²) in [6, 6.07) is 7.50. The van der Waals surface area contributed by atoms with E-state index >= 15 is 0 Å². The Morgan fingerprint density at radius 2 is 2.00 bits per heavy atom. The SMILES string of the molecule is CC(C)CCn1cc(C(=O)O)c(-c2ccc(Br)cc2)n1. The first-order valence-corrected chi connectivity index (χ1v) is 7.33. The molecule has 0 fully saturated rings. The van der Waals surface area contributed by atoms with Crippen LogP contribution < -0.4 is 0 Å². The molecule has 5 heteroatoms. The van der Waals surface area contributed by atoms with Crippen LogP contribution >= 0.6 is 15.9 Å². The molecule has 0 unspecified atom stereocenters. The quantitative estimate of drug-likeness (QED) is 0.895. The number of carboxylic acid groups (broad SMARTS) is 1. The summed E-state index contributed by atoms with van der Waals surface area (Å²) in [5.41, 5.74) is 1.58. The summed E-state index contributed by atoms with van der Waals surface area (Å²) in [4.78, 5) is 11.4. The van der Waals surface area contributed by atoms with E-state index in [1.165, 1.54) is 0 Å². The molecule has 0 radical (unpaired) electrons. The first kappa shape index (κ1) is 14.8. The van der Waals surface area contributed by atoms with Crippen molar-refractivity contribution in [3.05, 3.63) is 40.5 Å². The van der Waals surface area contributed by atoms with E-state index in [9.17, 15) is 9.90 Å². The number of hydrogen-bond acceptors (Lipinski definition) is 2. The number of rotatable bonds is 5. The molecule has 0 atom stereocenters. The number of carboxylic acids is 1. The normalized spacial score (nSPS) is 11.0. The number of hydrogen-bond donors (Lipinski definition) is 1. The lowest BCUT2D eigenvalue weighted by Gasteiger charge is -2.04. The number of aromatic nitrogens is 2. The molecule has 106 valence electrons. The second-order valence-corrected chi connectivity index (χ2v) is 6.06. The van der Waals surface area contributed by atoms with E-state index in [2.05, 4.69) is 34.9 Å². The van der Waals surface area contributed by atoms with Crippen molar-refractivity contribution in [2.24, 2.45) is 5.92 Å². The molecule has 0 aliphatic heterocycles. The lowest BCUT2D eigenvalue weighted by Crippen LogP contribution is -2.02. The third kappa shape index (κ3) is 3.48. The van der Waals surface area contributed by atoms with Gasteiger partial charge in [0.25, 0.3) is 0 Å². The highest BCUT2D eigenvalue weighted by molar-refractivity contribution is 9.10. The Morgan fingerprint density at radius 3 is 2.55 bits per heavy atom. The highest BCUT2D eigenvalue weighted by Gasteiger charge is 2.17. The highest BCUT2D eigenvalue weighted by Crippen LogP contribution is 2.24. The van der Waals surface area contributed by atoms with Gasteiger partial charge in [-0.2, -0.15) is 5.10 Å². The Morgan fingerprint density at radius 1 is 1.35 bits per heavy atom. The lowest BCUT2D eigenvalue weighted by atomic mass is 10.1. The molecule has 0 aliphatic rings. The Labute approximate surface area is 126 Å². The molecule has 1 N–H and O–H groups in total. The van der Waals surface area contributed by atoms with E-state index in [1.54, 1.807) is 10.9 Å². The van der Waals surface area contributed by atoms with Crippen LogP contribution in [0.5, 0.6) is 0 Å². The molecular formula is C15H17BrN2O2. The maximum Gasteiger partial charge on any atom is 0.339 e. The third-order valence-electron chi connectivity index (χ3n) is 3.05. The van der Waals surface area contributed by atoms with Gasteiger partial charge < -0.3 is 5.11 Å². The van der Waals surface area contributed by atoms with Crippen LogP contribution in [0.2, 0.25) is 0 Å². The van der Waals surface area contributed by atoms with Gasteiger partial charge in [-0.05, 0) is 24.5 Å². The van der Waals surface area contributed by atoms with Gasteiger partial charge in [-0.25, -0.2) is 4.79 Å². The van der Waals surface area contributed by atoms with Gasteiger partial charge in [0.05, 0.1) is 0 Å². The molecular weight excluding hydrogens is 320 g/mol. The second-order valence-electron chi connectivity index (χ2n) is 5.15. The Bertz CT molecular complexity index is 603. The predicted molar refractivity (Wildman–Crippen MR) is 81.8 cm³/mol. The van der Waals surface area contributed by atoms with Crippen LogP contribution in [0, 0.1) is 5.92 Å². The van der Waals surface area contributed by atoms with Crippen LogP contribution in [0.15, 0.2) is 34.9 Å². The molecule has 20 heavy (non-hydrogen) atoms. The summed E-state index contributed by atoms with van der Waals surface area (Å²) in [5.74, 6) is -0.387. The van der Waals surface area contributed by atoms with Crippen molar-refractivity contribution in [1.82, 2.24) is 9.78 Å². The van der Waals surface area contributed by atoms with Crippen molar-refractivity contribution < 1.29 is 9.90 Å². The highest BCUT2D eigenvalue weighted by atomic mass is 79.9. The Balaban J connectivity index is 2.35. The number of benzene rings is 1. The van der Waals surface area contributed by atoms with Gasteiger partial charge in [0.1, 0.15) is 11.3 Å². The zero-order valence-electron chi connectivity index (χ0n) is 11.5. The minimum Gasteiger partial charge on any atom is -0.478 e. The molecule has 0 aliphatic carbocycles. The fourth-order valence-corrected chi connectivity index (χ4v) is 2.17. The van der Waals surface area contributed by atoms with Crippen molar-refractivity contribution in [2.45, 2.75) is 26.8 Å². The fraction of sp³-hybridized carbons (Fsp3) is 0.333. The van der Waals surface area contributed by atoms with Gasteiger partial charge >= 0.3 is 5.97 Å². The number of halogens is 1. The van der Waals surface area contributed by atoms with Crippen molar-refractivity contribution >= 4 is 21.9 Å². The van der Waals surface area contributed by atoms with Gasteiger partial charge in [0.2, 0.25) is 0 Å². The molecule has 4 nitrogen and oxygen atoms in total. The molecule has 0 amide bonds. The molecule has 1 aromatic carbocycles. The van der Waals surface area contributed by atoms with Gasteiger partial charge in [-0.1, -0.05) is 41.9 Å². The third-order valence-corrected chi connectivity index (χ3v) is 3.57. The molecule has 2 rings (SSSR count). The molecule has 0 spiro atoms. The molecule has 0 bridgehead atoms. The van der Waals surface area contributed by atoms with E-state index in [1.807, 2.05) is 24.3 Å². The van der Waals surface area contributed by atoms with Crippen LogP contribution in [0.3, 0.4) is 0 Å². The number of carbonyl (C=O) groups is 1. The average Bonchev–Trinajstić information content (AvgIpc) is 2.81. The molecule has 2 aromatic rings. The topological polar surface area (TPSA) is 55.1 Å². The average molecular weight is 337 g/mol. The lowest BCUT2D eigenvalue weighted by molar-refractivity contribution is 0.0697. The van der Waals surface area contributed by atoms with Gasteiger partial charge in [0, 0.05) is 22.8 Å². The number of aryl methyl sites for hydroxylation is 1. The van der Waals surface area contributed by atoms with Crippen LogP contribution in [-0.4, -0.2) is 20.9 Å². The van der Waals surface area contributed by atoms with E-state index in [4.69, 9.17) is 0 Å². The summed E-state index contributed by atoms with van der Waals surface area (Å²) < 4.78 is 2.68. The fourth-order valence-electron chi connectivity index (χ4n) is 1.90. The zero-order chi connectivity index (χ0) is 14.7. The second kappa shape index (κ2) is 6.22. The van der Waals surface area contributed by atoms with E-state index in [-0.39, 0.29) is 5.56 Å². The van der Waals surface area contributed by atoms with Crippen LogP contribution in [0.1, 0.15) is 30.6 Å². The summed E-state index contributed by atoms with van der Waals surface area (Å²) in [6.45, 7) is 5.00. The zero-order valence-corrected chi connectivity index (χ0v) is 13.1. The first-order chi connectivity index (χ1) is 9.47. The summed E-state index contributed by atoms with van der Waals surface area (Å²) >= 11 is 3.37. The largest absolute Gasteiger partial charge is 0.478 e. The smallest absolute Gasteiger partial charge is 0.339 e. The Hall–Kier alpha value is -1.62. The number of aromatic carboxylic acids is 1. The number of nitrogens with zero attached hydrogens (tertiary/aromatic N) is 2. The van der Waals surface area contributed by atoms with Gasteiger partial charge in [-0.15, -0.1) is 0 Å². The van der Waals surface area contributed by atoms with E-state index in [0.29, 0.717) is 11.6 Å². The van der Waals surface area contributed by atoms with Crippen LogP contribution in [0.25, 0.3) is 11.3 Å². The minimum absolute atomic E-state index is 0.246. The molecule has 0 saturated heterocycles. The monoisotopic (exact) mass is 336 g/mol. The molecule has 0 saturated carbocycles. The van der Waals surface area contributed by atoms with Crippen LogP contribution in [-0.2, 0) is 6.54 Å². The molecule has 1 heterocycles. The molecule has 1 aromatic heterocycles. The van der Waals surface area contributed by atoms with Gasteiger partial charge in [-0.3, -0.25) is 4.68 Å². The van der Waals surface area contributed by atoms with Crippen molar-refractivity contribution in [3.8, 4) is 11.3 Å².